The zero-order chi connectivity index (χ0) is 10.9. The number of allylic oxidation sites excluding steroid dienone is 1. The maximum absolute atomic E-state index is 2.24. The van der Waals surface area contributed by atoms with Crippen molar-refractivity contribution in [1.82, 2.24) is 0 Å². The molecule has 0 radical (unpaired) electrons. The van der Waals surface area contributed by atoms with E-state index >= 15 is 0 Å². The molecule has 0 unspecified atom stereocenters. The topological polar surface area (TPSA) is 0 Å². The Labute approximate surface area is 95.9 Å². The molecule has 1 aliphatic carbocycles. The van der Waals surface area contributed by atoms with Crippen LogP contribution in [-0.2, 0) is 6.42 Å². The van der Waals surface area contributed by atoms with Crippen molar-refractivity contribution in [1.29, 1.82) is 0 Å². The molecule has 0 amide bonds. The Morgan fingerprint density at radius 3 is 2.40 bits per heavy atom. The van der Waals surface area contributed by atoms with E-state index in [1.807, 2.05) is 0 Å². The predicted molar refractivity (Wildman–Crippen MR) is 77.0 cm³/mol. The minimum absolute atomic E-state index is 1.21. The monoisotopic (exact) mass is 196 g/mol. The Hall–Kier alpha value is -0.845. The Morgan fingerprint density at radius 2 is 1.80 bits per heavy atom. The van der Waals surface area contributed by atoms with Gasteiger partial charge in [0.1, 0.15) is 0 Å². The molecular weight excluding hydrogens is 177 g/mol. The summed E-state index contributed by atoms with van der Waals surface area (Å²) in [6.07, 6.45) is 6.87. The van der Waals surface area contributed by atoms with E-state index in [9.17, 15) is 0 Å². The van der Waals surface area contributed by atoms with Gasteiger partial charge in [-0.15, -0.1) is 0 Å². The molecule has 1 aliphatic rings. The molecule has 2 rings (SSSR count). The third-order valence-electron chi connectivity index (χ3n) is 2.64. The Balaban J connectivity index is 0.000000195. The number of aryl methyl sites for hydroxylation is 1. The molecule has 0 aliphatic heterocycles. The molecule has 1 aromatic rings. The summed E-state index contributed by atoms with van der Waals surface area (Å²) in [6, 6.07) is 8.58. The average Bonchev–Trinajstić information content (AvgIpc) is 2.31. The first-order valence-electron chi connectivity index (χ1n) is 6.13. The Kier molecular flexibility index (Phi) is 6.07. The largest absolute Gasteiger partial charge is 0.0966 e. The van der Waals surface area contributed by atoms with Crippen LogP contribution in [0.2, 0.25) is 13.6 Å². The number of fused-ring (bicyclic) bond motifs is 1. The molecule has 0 aromatic heterocycles. The molecule has 0 saturated heterocycles. The highest BCUT2D eigenvalue weighted by atomic mass is 14.1. The molecular formula is C12H19B3. The normalized spacial score (nSPS) is 11.9. The van der Waals surface area contributed by atoms with Crippen molar-refractivity contribution in [2.45, 2.75) is 26.5 Å². The first-order chi connectivity index (χ1) is 7.38. The number of rotatable bonds is 2. The second-order valence-corrected chi connectivity index (χ2v) is 3.99. The van der Waals surface area contributed by atoms with Crippen molar-refractivity contribution in [3.63, 3.8) is 0 Å². The quantitative estimate of drug-likeness (QED) is 0.633. The van der Waals surface area contributed by atoms with Crippen molar-refractivity contribution in [3.8, 4) is 0 Å². The van der Waals surface area contributed by atoms with E-state index in [2.05, 4.69) is 50.1 Å². The summed E-state index contributed by atoms with van der Waals surface area (Å²) in [7, 11) is 4.08. The van der Waals surface area contributed by atoms with Crippen LogP contribution in [0.25, 0.3) is 6.08 Å². The van der Waals surface area contributed by atoms with Crippen molar-refractivity contribution in [2.24, 2.45) is 0 Å². The Morgan fingerprint density at radius 1 is 1.07 bits per heavy atom. The lowest BCUT2D eigenvalue weighted by Crippen LogP contribution is -2.03. The molecule has 0 spiro atoms. The lowest BCUT2D eigenvalue weighted by Gasteiger charge is -2.07. The van der Waals surface area contributed by atoms with Crippen LogP contribution in [0.15, 0.2) is 30.3 Å². The van der Waals surface area contributed by atoms with Crippen molar-refractivity contribution < 1.29 is 0 Å². The fourth-order valence-corrected chi connectivity index (χ4v) is 1.73. The molecule has 0 saturated carbocycles. The van der Waals surface area contributed by atoms with Gasteiger partial charge in [-0.1, -0.05) is 50.1 Å². The zero-order valence-electron chi connectivity index (χ0n) is 10.00. The second-order valence-electron chi connectivity index (χ2n) is 3.99. The van der Waals surface area contributed by atoms with Crippen LogP contribution in [-0.4, -0.2) is 21.4 Å². The summed E-state index contributed by atoms with van der Waals surface area (Å²) in [4.78, 5) is 0. The molecule has 0 atom stereocenters. The van der Waals surface area contributed by atoms with Gasteiger partial charge in [-0.05, 0) is 24.0 Å². The van der Waals surface area contributed by atoms with Gasteiger partial charge in [0, 0.05) is 0 Å². The van der Waals surface area contributed by atoms with Crippen LogP contribution in [0.3, 0.4) is 0 Å². The van der Waals surface area contributed by atoms with Gasteiger partial charge in [0.25, 0.3) is 0 Å². The van der Waals surface area contributed by atoms with Gasteiger partial charge in [-0.25, -0.2) is 0 Å². The standard InChI is InChI=1S/C10H10.C2H9B3/c1-2-6-10-8-4-3-7-9(10)5-1;1-3-5-4-2/h1-3,5-7H,4,8H2;3-5H,1-2H3. The first kappa shape index (κ1) is 12.2. The number of benzene rings is 1. The summed E-state index contributed by atoms with van der Waals surface area (Å²) in [5.41, 5.74) is 2.89. The fraction of sp³-hybridized carbons (Fsp3) is 0.333. The molecule has 76 valence electrons. The maximum Gasteiger partial charge on any atom is 0.0745 e. The van der Waals surface area contributed by atoms with Crippen molar-refractivity contribution in [2.75, 3.05) is 0 Å². The van der Waals surface area contributed by atoms with Crippen LogP contribution in [0.5, 0.6) is 0 Å². The maximum atomic E-state index is 2.24. The van der Waals surface area contributed by atoms with Crippen LogP contribution in [0, 0.1) is 0 Å². The van der Waals surface area contributed by atoms with E-state index in [0.717, 1.165) is 0 Å². The van der Waals surface area contributed by atoms with Gasteiger partial charge < -0.3 is 0 Å². The molecule has 3 heteroatoms. The van der Waals surface area contributed by atoms with Gasteiger partial charge in [0.2, 0.25) is 0 Å². The third kappa shape index (κ3) is 4.46. The zero-order valence-corrected chi connectivity index (χ0v) is 10.00. The summed E-state index contributed by atoms with van der Waals surface area (Å²) < 4.78 is 0. The molecule has 1 aromatic carbocycles. The average molecular weight is 196 g/mol. The lowest BCUT2D eigenvalue weighted by atomic mass is 9.21. The smallest absolute Gasteiger partial charge is 0.0745 e. The van der Waals surface area contributed by atoms with Gasteiger partial charge in [-0.2, -0.15) is 0 Å². The minimum atomic E-state index is 1.21. The third-order valence-corrected chi connectivity index (χ3v) is 2.64. The van der Waals surface area contributed by atoms with Crippen LogP contribution in [0.1, 0.15) is 17.5 Å². The Bertz CT molecular complexity index is 305. The van der Waals surface area contributed by atoms with E-state index in [0.29, 0.717) is 0 Å². The molecule has 0 N–H and O–H groups in total. The van der Waals surface area contributed by atoms with E-state index in [4.69, 9.17) is 0 Å². The van der Waals surface area contributed by atoms with Crippen LogP contribution in [0.4, 0.5) is 0 Å². The summed E-state index contributed by atoms with van der Waals surface area (Å²) in [5.74, 6) is 0. The second kappa shape index (κ2) is 7.45. The van der Waals surface area contributed by atoms with E-state index < -0.39 is 0 Å². The summed E-state index contributed by atoms with van der Waals surface area (Å²) in [6.45, 7) is 4.42. The number of hydrogen-bond donors (Lipinski definition) is 0. The highest BCUT2D eigenvalue weighted by molar-refractivity contribution is 7.28. The summed E-state index contributed by atoms with van der Waals surface area (Å²) >= 11 is 0. The lowest BCUT2D eigenvalue weighted by molar-refractivity contribution is 0.986. The van der Waals surface area contributed by atoms with Gasteiger partial charge in [0.15, 0.2) is 0 Å². The highest BCUT2D eigenvalue weighted by Gasteiger charge is 2.00. The predicted octanol–water partition coefficient (Wildman–Crippen LogP) is 1.87. The first-order valence-corrected chi connectivity index (χ1v) is 6.13. The molecule has 0 bridgehead atoms. The van der Waals surface area contributed by atoms with Gasteiger partial charge >= 0.3 is 0 Å². The van der Waals surface area contributed by atoms with Crippen molar-refractivity contribution >= 4 is 27.5 Å². The van der Waals surface area contributed by atoms with Crippen LogP contribution >= 0.6 is 0 Å². The molecule has 15 heavy (non-hydrogen) atoms. The van der Waals surface area contributed by atoms with E-state index in [-0.39, 0.29) is 0 Å². The van der Waals surface area contributed by atoms with E-state index in [1.165, 1.54) is 45.4 Å². The van der Waals surface area contributed by atoms with Gasteiger partial charge in [-0.3, -0.25) is 0 Å². The highest BCUT2D eigenvalue weighted by Crippen LogP contribution is 2.17. The van der Waals surface area contributed by atoms with E-state index in [1.54, 1.807) is 0 Å². The molecule has 0 heterocycles. The summed E-state index contributed by atoms with van der Waals surface area (Å²) in [5, 5.41) is 0. The molecule has 0 nitrogen and oxygen atoms in total. The fourth-order valence-electron chi connectivity index (χ4n) is 1.73. The minimum Gasteiger partial charge on any atom is -0.0966 e. The van der Waals surface area contributed by atoms with Gasteiger partial charge in [0.05, 0.1) is 21.4 Å². The molecule has 0 fully saturated rings. The van der Waals surface area contributed by atoms with Crippen LogP contribution < -0.4 is 0 Å². The SMILES string of the molecule is C1=Cc2ccccc2CC1.CBBBC. The van der Waals surface area contributed by atoms with Crippen molar-refractivity contribution in [3.05, 3.63) is 41.5 Å². The number of hydrogen-bond acceptors (Lipinski definition) is 0.